The predicted molar refractivity (Wildman–Crippen MR) is 98.2 cm³/mol. The van der Waals surface area contributed by atoms with Gasteiger partial charge >= 0.3 is 0 Å². The Labute approximate surface area is 149 Å². The number of hydrogen-bond acceptors (Lipinski definition) is 3. The van der Waals surface area contributed by atoms with Gasteiger partial charge in [-0.15, -0.1) is 0 Å². The summed E-state index contributed by atoms with van der Waals surface area (Å²) in [6, 6.07) is 10.6. The van der Waals surface area contributed by atoms with E-state index in [9.17, 15) is 13.2 Å². The topological polar surface area (TPSA) is 59.4 Å². The van der Waals surface area contributed by atoms with Crippen LogP contribution in [0.5, 0.6) is 0 Å². The average Bonchev–Trinajstić information content (AvgIpc) is 2.86. The Morgan fingerprint density at radius 2 is 1.72 bits per heavy atom. The molecule has 1 aliphatic rings. The van der Waals surface area contributed by atoms with E-state index in [4.69, 9.17) is 0 Å². The van der Waals surface area contributed by atoms with Crippen LogP contribution in [0.25, 0.3) is 0 Å². The molecule has 0 unspecified atom stereocenters. The van der Waals surface area contributed by atoms with Crippen LogP contribution in [0.15, 0.2) is 52.3 Å². The lowest BCUT2D eigenvalue weighted by Gasteiger charge is -2.20. The van der Waals surface area contributed by atoms with E-state index in [1.165, 1.54) is 22.9 Å². The van der Waals surface area contributed by atoms with Gasteiger partial charge in [0.25, 0.3) is 5.56 Å². The van der Waals surface area contributed by atoms with Crippen molar-refractivity contribution in [1.82, 2.24) is 8.87 Å². The van der Waals surface area contributed by atoms with E-state index in [-0.39, 0.29) is 10.5 Å². The second-order valence-electron chi connectivity index (χ2n) is 6.64. The molecule has 1 aromatic heterocycles. The Bertz CT molecular complexity index is 895. The van der Waals surface area contributed by atoms with Crippen LogP contribution < -0.4 is 5.56 Å². The number of hydrogen-bond donors (Lipinski definition) is 0. The number of aromatic nitrogens is 1. The highest BCUT2D eigenvalue weighted by atomic mass is 32.2. The van der Waals surface area contributed by atoms with Crippen molar-refractivity contribution in [3.63, 3.8) is 0 Å². The zero-order chi connectivity index (χ0) is 17.9. The summed E-state index contributed by atoms with van der Waals surface area (Å²) >= 11 is 0. The van der Waals surface area contributed by atoms with Gasteiger partial charge in [0.15, 0.2) is 0 Å². The zero-order valence-electron chi connectivity index (χ0n) is 14.5. The van der Waals surface area contributed by atoms with Gasteiger partial charge in [0.2, 0.25) is 10.0 Å². The Morgan fingerprint density at radius 1 is 1.00 bits per heavy atom. The minimum absolute atomic E-state index is 0.196. The van der Waals surface area contributed by atoms with E-state index in [0.29, 0.717) is 19.6 Å². The van der Waals surface area contributed by atoms with Crippen molar-refractivity contribution in [1.29, 1.82) is 0 Å². The van der Waals surface area contributed by atoms with Crippen molar-refractivity contribution in [2.45, 2.75) is 44.0 Å². The Hall–Kier alpha value is -1.92. The molecule has 2 heterocycles. The van der Waals surface area contributed by atoms with Crippen LogP contribution in [0.3, 0.4) is 0 Å². The highest BCUT2D eigenvalue weighted by Crippen LogP contribution is 2.19. The molecular weight excluding hydrogens is 336 g/mol. The molecule has 0 amide bonds. The molecule has 0 radical (unpaired) electrons. The first-order valence-electron chi connectivity index (χ1n) is 8.73. The van der Waals surface area contributed by atoms with E-state index in [0.717, 1.165) is 36.8 Å². The highest BCUT2D eigenvalue weighted by molar-refractivity contribution is 7.89. The summed E-state index contributed by atoms with van der Waals surface area (Å²) in [5.41, 5.74) is 1.89. The Kier molecular flexibility index (Phi) is 5.39. The molecule has 2 aromatic rings. The van der Waals surface area contributed by atoms with Crippen LogP contribution in [0.1, 0.15) is 36.8 Å². The number of rotatable bonds is 4. The van der Waals surface area contributed by atoms with Crippen LogP contribution in [-0.4, -0.2) is 30.4 Å². The van der Waals surface area contributed by atoms with Gasteiger partial charge < -0.3 is 4.57 Å². The van der Waals surface area contributed by atoms with Gasteiger partial charge in [0.05, 0.1) is 11.4 Å². The molecule has 6 heteroatoms. The molecule has 0 saturated carbocycles. The summed E-state index contributed by atoms with van der Waals surface area (Å²) in [4.78, 5) is 12.4. The smallest absolute Gasteiger partial charge is 0.250 e. The SMILES string of the molecule is Cc1cccc(Cn2cc(S(=O)(=O)N3CCCCCC3)ccc2=O)c1. The maximum absolute atomic E-state index is 12.9. The number of aryl methyl sites for hydroxylation is 1. The molecule has 0 spiro atoms. The van der Waals surface area contributed by atoms with Crippen LogP contribution in [-0.2, 0) is 16.6 Å². The minimum atomic E-state index is -3.55. The first-order chi connectivity index (χ1) is 12.0. The van der Waals surface area contributed by atoms with Crippen LogP contribution in [0.2, 0.25) is 0 Å². The number of pyridine rings is 1. The van der Waals surface area contributed by atoms with E-state index >= 15 is 0 Å². The summed E-state index contributed by atoms with van der Waals surface area (Å²) in [6.45, 7) is 3.47. The zero-order valence-corrected chi connectivity index (χ0v) is 15.3. The third-order valence-corrected chi connectivity index (χ3v) is 6.48. The number of nitrogens with zero attached hydrogens (tertiary/aromatic N) is 2. The lowest BCUT2D eigenvalue weighted by Crippen LogP contribution is -2.33. The van der Waals surface area contributed by atoms with Crippen LogP contribution >= 0.6 is 0 Å². The maximum atomic E-state index is 12.9. The van der Waals surface area contributed by atoms with Gasteiger partial charge in [-0.3, -0.25) is 4.79 Å². The van der Waals surface area contributed by atoms with Crippen molar-refractivity contribution in [3.05, 3.63) is 64.1 Å². The number of benzene rings is 1. The molecule has 0 aliphatic carbocycles. The van der Waals surface area contributed by atoms with Crippen LogP contribution in [0.4, 0.5) is 0 Å². The lowest BCUT2D eigenvalue weighted by molar-refractivity contribution is 0.423. The minimum Gasteiger partial charge on any atom is -0.310 e. The molecule has 25 heavy (non-hydrogen) atoms. The molecule has 0 bridgehead atoms. The van der Waals surface area contributed by atoms with Gasteiger partial charge in [-0.05, 0) is 31.4 Å². The fourth-order valence-electron chi connectivity index (χ4n) is 3.22. The first-order valence-corrected chi connectivity index (χ1v) is 10.2. The van der Waals surface area contributed by atoms with Crippen molar-refractivity contribution in [3.8, 4) is 0 Å². The quantitative estimate of drug-likeness (QED) is 0.842. The van der Waals surface area contributed by atoms with Crippen molar-refractivity contribution in [2.75, 3.05) is 13.1 Å². The predicted octanol–water partition coefficient (Wildman–Crippen LogP) is 2.77. The Morgan fingerprint density at radius 3 is 2.40 bits per heavy atom. The second-order valence-corrected chi connectivity index (χ2v) is 8.58. The summed E-state index contributed by atoms with van der Waals surface area (Å²) < 4.78 is 28.9. The van der Waals surface area contributed by atoms with Gasteiger partial charge in [-0.2, -0.15) is 4.31 Å². The summed E-state index contributed by atoms with van der Waals surface area (Å²) in [6.07, 6.45) is 5.40. The van der Waals surface area contributed by atoms with E-state index in [2.05, 4.69) is 0 Å². The molecule has 3 rings (SSSR count). The molecule has 1 aliphatic heterocycles. The summed E-state index contributed by atoms with van der Waals surface area (Å²) in [5.74, 6) is 0. The van der Waals surface area contributed by atoms with Gasteiger partial charge in [0, 0.05) is 25.4 Å². The van der Waals surface area contributed by atoms with Gasteiger partial charge in [-0.1, -0.05) is 42.7 Å². The average molecular weight is 360 g/mol. The van der Waals surface area contributed by atoms with E-state index < -0.39 is 10.0 Å². The fraction of sp³-hybridized carbons (Fsp3) is 0.421. The molecule has 1 aromatic carbocycles. The van der Waals surface area contributed by atoms with Crippen LogP contribution in [0, 0.1) is 6.92 Å². The third-order valence-electron chi connectivity index (χ3n) is 4.59. The largest absolute Gasteiger partial charge is 0.310 e. The van der Waals surface area contributed by atoms with Crippen molar-refractivity contribution < 1.29 is 8.42 Å². The van der Waals surface area contributed by atoms with E-state index in [1.807, 2.05) is 31.2 Å². The highest BCUT2D eigenvalue weighted by Gasteiger charge is 2.25. The lowest BCUT2D eigenvalue weighted by atomic mass is 10.1. The maximum Gasteiger partial charge on any atom is 0.250 e. The third kappa shape index (κ3) is 4.19. The van der Waals surface area contributed by atoms with Gasteiger partial charge in [0.1, 0.15) is 0 Å². The van der Waals surface area contributed by atoms with E-state index in [1.54, 1.807) is 4.31 Å². The fourth-order valence-corrected chi connectivity index (χ4v) is 4.76. The molecule has 1 fully saturated rings. The second kappa shape index (κ2) is 7.54. The molecule has 134 valence electrons. The normalized spacial score (nSPS) is 16.5. The van der Waals surface area contributed by atoms with Crippen molar-refractivity contribution >= 4 is 10.0 Å². The van der Waals surface area contributed by atoms with Crippen molar-refractivity contribution in [2.24, 2.45) is 0 Å². The molecule has 0 N–H and O–H groups in total. The summed E-state index contributed by atoms with van der Waals surface area (Å²) in [5, 5.41) is 0. The Balaban J connectivity index is 1.91. The monoisotopic (exact) mass is 360 g/mol. The first kappa shape index (κ1) is 17.9. The summed E-state index contributed by atoms with van der Waals surface area (Å²) in [7, 11) is -3.55. The molecule has 1 saturated heterocycles. The molecular formula is C19H24N2O3S. The van der Waals surface area contributed by atoms with Gasteiger partial charge in [-0.25, -0.2) is 8.42 Å². The molecule has 5 nitrogen and oxygen atoms in total. The number of sulfonamides is 1. The molecule has 0 atom stereocenters. The standard InChI is InChI=1S/C19H24N2O3S/c1-16-7-6-8-17(13-16)14-20-15-18(9-10-19(20)22)25(23,24)21-11-4-2-3-5-12-21/h6-10,13,15H,2-5,11-12,14H2,1H3.